The van der Waals surface area contributed by atoms with Gasteiger partial charge in [-0.15, -0.1) is 0 Å². The highest BCUT2D eigenvalue weighted by atomic mass is 31.1. The van der Waals surface area contributed by atoms with Crippen LogP contribution in [-0.2, 0) is 6.42 Å². The predicted octanol–water partition coefficient (Wildman–Crippen LogP) is 4.22. The molecule has 23 heavy (non-hydrogen) atoms. The lowest BCUT2D eigenvalue weighted by atomic mass is 10.0. The van der Waals surface area contributed by atoms with Crippen molar-refractivity contribution in [2.75, 3.05) is 7.11 Å². The van der Waals surface area contributed by atoms with Gasteiger partial charge in [0.25, 0.3) is 0 Å². The van der Waals surface area contributed by atoms with Crippen molar-refractivity contribution in [1.82, 2.24) is 0 Å². The highest BCUT2D eigenvalue weighted by Gasteiger charge is 2.04. The number of hydrogen-bond donors (Lipinski definition) is 0. The second-order valence-electron chi connectivity index (χ2n) is 5.63. The van der Waals surface area contributed by atoms with E-state index in [2.05, 4.69) is 67.6 Å². The van der Waals surface area contributed by atoms with Crippen molar-refractivity contribution in [3.05, 3.63) is 89.5 Å². The SMILES string of the molecule is COc1ccccc1Cc1ccc(Pc2ccccc2C)cc1. The third kappa shape index (κ3) is 4.00. The number of aryl methyl sites for hydroxylation is 1. The number of para-hydroxylation sites is 1. The summed E-state index contributed by atoms with van der Waals surface area (Å²) in [5.74, 6) is 0.957. The van der Waals surface area contributed by atoms with E-state index in [4.69, 9.17) is 4.74 Å². The first kappa shape index (κ1) is 15.8. The van der Waals surface area contributed by atoms with Crippen molar-refractivity contribution in [2.45, 2.75) is 13.3 Å². The first-order chi connectivity index (χ1) is 11.3. The van der Waals surface area contributed by atoms with Crippen LogP contribution in [0.2, 0.25) is 0 Å². The molecule has 0 bridgehead atoms. The van der Waals surface area contributed by atoms with E-state index in [-0.39, 0.29) is 0 Å². The van der Waals surface area contributed by atoms with Gasteiger partial charge in [-0.3, -0.25) is 0 Å². The van der Waals surface area contributed by atoms with Crippen molar-refractivity contribution in [3.8, 4) is 5.75 Å². The van der Waals surface area contributed by atoms with E-state index in [0.717, 1.165) is 12.2 Å². The summed E-state index contributed by atoms with van der Waals surface area (Å²) in [6.45, 7) is 2.18. The van der Waals surface area contributed by atoms with E-state index in [0.29, 0.717) is 8.58 Å². The number of methoxy groups -OCH3 is 1. The Hall–Kier alpha value is -2.11. The fourth-order valence-electron chi connectivity index (χ4n) is 2.64. The van der Waals surface area contributed by atoms with Crippen LogP contribution in [0, 0.1) is 6.92 Å². The lowest BCUT2D eigenvalue weighted by Crippen LogP contribution is -2.06. The number of ether oxygens (including phenoxy) is 1. The van der Waals surface area contributed by atoms with Crippen molar-refractivity contribution >= 4 is 19.2 Å². The van der Waals surface area contributed by atoms with Crippen LogP contribution in [0.25, 0.3) is 0 Å². The molecule has 1 atom stereocenters. The van der Waals surface area contributed by atoms with Crippen LogP contribution < -0.4 is 15.3 Å². The summed E-state index contributed by atoms with van der Waals surface area (Å²) in [5.41, 5.74) is 3.90. The lowest BCUT2D eigenvalue weighted by Gasteiger charge is -2.09. The molecule has 0 saturated carbocycles. The second-order valence-corrected chi connectivity index (χ2v) is 6.99. The quantitative estimate of drug-likeness (QED) is 0.640. The van der Waals surface area contributed by atoms with Gasteiger partial charge in [-0.25, -0.2) is 0 Å². The van der Waals surface area contributed by atoms with Crippen LogP contribution in [0.5, 0.6) is 5.75 Å². The minimum Gasteiger partial charge on any atom is -0.496 e. The minimum absolute atomic E-state index is 0.713. The minimum atomic E-state index is 0.713. The maximum Gasteiger partial charge on any atom is 0.122 e. The molecule has 116 valence electrons. The van der Waals surface area contributed by atoms with Gasteiger partial charge in [0, 0.05) is 6.42 Å². The molecule has 0 radical (unpaired) electrons. The van der Waals surface area contributed by atoms with Gasteiger partial charge in [0.05, 0.1) is 7.11 Å². The molecule has 0 aromatic heterocycles. The average Bonchev–Trinajstić information content (AvgIpc) is 2.59. The molecule has 0 fully saturated rings. The first-order valence-electron chi connectivity index (χ1n) is 7.80. The Balaban J connectivity index is 1.73. The molecule has 0 amide bonds. The van der Waals surface area contributed by atoms with E-state index in [1.165, 1.54) is 27.3 Å². The Bertz CT molecular complexity index is 778. The largest absolute Gasteiger partial charge is 0.496 e. The fraction of sp³-hybridized carbons (Fsp3) is 0.143. The van der Waals surface area contributed by atoms with Gasteiger partial charge in [0.15, 0.2) is 0 Å². The molecule has 0 aliphatic heterocycles. The smallest absolute Gasteiger partial charge is 0.122 e. The second kappa shape index (κ2) is 7.44. The van der Waals surface area contributed by atoms with E-state index in [1.807, 2.05) is 12.1 Å². The average molecular weight is 320 g/mol. The maximum atomic E-state index is 5.43. The molecule has 0 saturated heterocycles. The molecule has 1 nitrogen and oxygen atoms in total. The van der Waals surface area contributed by atoms with Crippen LogP contribution in [0.4, 0.5) is 0 Å². The molecule has 3 aromatic carbocycles. The van der Waals surface area contributed by atoms with Crippen molar-refractivity contribution < 1.29 is 4.74 Å². The topological polar surface area (TPSA) is 9.23 Å². The summed E-state index contributed by atoms with van der Waals surface area (Å²) < 4.78 is 5.43. The Kier molecular flexibility index (Phi) is 5.10. The normalized spacial score (nSPS) is 11.0. The lowest BCUT2D eigenvalue weighted by molar-refractivity contribution is 0.410. The van der Waals surface area contributed by atoms with Gasteiger partial charge < -0.3 is 4.74 Å². The zero-order valence-corrected chi connectivity index (χ0v) is 14.5. The summed E-state index contributed by atoms with van der Waals surface area (Å²) >= 11 is 0. The van der Waals surface area contributed by atoms with Crippen molar-refractivity contribution in [3.63, 3.8) is 0 Å². The third-order valence-electron chi connectivity index (χ3n) is 3.97. The van der Waals surface area contributed by atoms with Crippen LogP contribution in [0.15, 0.2) is 72.8 Å². The Morgan fingerprint density at radius 1 is 0.826 bits per heavy atom. The van der Waals surface area contributed by atoms with Gasteiger partial charge in [0.2, 0.25) is 0 Å². The zero-order valence-electron chi connectivity index (χ0n) is 13.5. The van der Waals surface area contributed by atoms with E-state index >= 15 is 0 Å². The molecule has 3 rings (SSSR count). The monoisotopic (exact) mass is 320 g/mol. The number of benzene rings is 3. The fourth-order valence-corrected chi connectivity index (χ4v) is 3.75. The molecule has 0 aliphatic carbocycles. The van der Waals surface area contributed by atoms with Crippen LogP contribution >= 0.6 is 8.58 Å². The van der Waals surface area contributed by atoms with Crippen LogP contribution in [-0.4, -0.2) is 7.11 Å². The molecule has 0 N–H and O–H groups in total. The van der Waals surface area contributed by atoms with Crippen LogP contribution in [0.1, 0.15) is 16.7 Å². The van der Waals surface area contributed by atoms with Crippen molar-refractivity contribution in [1.29, 1.82) is 0 Å². The highest BCUT2D eigenvalue weighted by Crippen LogP contribution is 2.21. The van der Waals surface area contributed by atoms with E-state index in [1.54, 1.807) is 7.11 Å². The number of rotatable bonds is 5. The van der Waals surface area contributed by atoms with Crippen molar-refractivity contribution in [2.24, 2.45) is 0 Å². The van der Waals surface area contributed by atoms with Gasteiger partial charge in [-0.2, -0.15) is 0 Å². The summed E-state index contributed by atoms with van der Waals surface area (Å²) in [6, 6.07) is 25.8. The molecule has 0 spiro atoms. The van der Waals surface area contributed by atoms with E-state index in [9.17, 15) is 0 Å². The molecule has 0 heterocycles. The Morgan fingerprint density at radius 2 is 1.52 bits per heavy atom. The standard InChI is InChI=1S/C21H21OP/c1-16-7-3-6-10-21(16)23-19-13-11-17(12-14-19)15-18-8-4-5-9-20(18)22-2/h3-14,23H,15H2,1-2H3. The molecular weight excluding hydrogens is 299 g/mol. The zero-order chi connectivity index (χ0) is 16.1. The summed E-state index contributed by atoms with van der Waals surface area (Å²) in [4.78, 5) is 0. The van der Waals surface area contributed by atoms with E-state index < -0.39 is 0 Å². The molecule has 1 unspecified atom stereocenters. The highest BCUT2D eigenvalue weighted by molar-refractivity contribution is 7.55. The summed E-state index contributed by atoms with van der Waals surface area (Å²) in [5, 5.41) is 2.80. The van der Waals surface area contributed by atoms with Gasteiger partial charge in [-0.05, 0) is 40.3 Å². The summed E-state index contributed by atoms with van der Waals surface area (Å²) in [7, 11) is 2.44. The van der Waals surface area contributed by atoms with Gasteiger partial charge in [-0.1, -0.05) is 75.3 Å². The van der Waals surface area contributed by atoms with Gasteiger partial charge in [0.1, 0.15) is 5.75 Å². The third-order valence-corrected chi connectivity index (χ3v) is 5.42. The molecule has 0 aliphatic rings. The van der Waals surface area contributed by atoms with Gasteiger partial charge >= 0.3 is 0 Å². The van der Waals surface area contributed by atoms with Crippen LogP contribution in [0.3, 0.4) is 0 Å². The summed E-state index contributed by atoms with van der Waals surface area (Å²) in [6.07, 6.45) is 0.901. The number of hydrogen-bond acceptors (Lipinski definition) is 1. The maximum absolute atomic E-state index is 5.43. The Morgan fingerprint density at radius 3 is 2.26 bits per heavy atom. The molecular formula is C21H21OP. The first-order valence-corrected chi connectivity index (χ1v) is 8.80. The predicted molar refractivity (Wildman–Crippen MR) is 101 cm³/mol. The Labute approximate surface area is 140 Å². The molecule has 2 heteroatoms. The molecule has 3 aromatic rings.